The molecule has 0 aliphatic carbocycles. The van der Waals surface area contributed by atoms with E-state index in [0.717, 1.165) is 22.6 Å². The fourth-order valence-corrected chi connectivity index (χ4v) is 2.25. The van der Waals surface area contributed by atoms with Crippen LogP contribution in [0.3, 0.4) is 0 Å². The van der Waals surface area contributed by atoms with Gasteiger partial charge in [-0.15, -0.1) is 0 Å². The lowest BCUT2D eigenvalue weighted by molar-refractivity contribution is 0.376. The number of hydrogen-bond acceptors (Lipinski definition) is 4. The molecule has 6 nitrogen and oxygen atoms in total. The molecule has 1 N–H and O–H groups in total. The SMILES string of the molecule is Cc1nn(C)c2c1[nH]c(=S)n2Cc1ccno1. The van der Waals surface area contributed by atoms with Crippen molar-refractivity contribution in [3.63, 3.8) is 0 Å². The zero-order valence-electron chi connectivity index (χ0n) is 9.47. The van der Waals surface area contributed by atoms with E-state index in [9.17, 15) is 0 Å². The number of nitrogens with one attached hydrogen (secondary N) is 1. The van der Waals surface area contributed by atoms with Crippen molar-refractivity contribution in [2.24, 2.45) is 7.05 Å². The van der Waals surface area contributed by atoms with Crippen molar-refractivity contribution in [2.75, 3.05) is 0 Å². The number of aromatic nitrogens is 5. The molecular formula is C10H11N5OS. The summed E-state index contributed by atoms with van der Waals surface area (Å²) in [5, 5.41) is 8.04. The normalized spacial score (nSPS) is 11.4. The maximum absolute atomic E-state index is 5.30. The highest BCUT2D eigenvalue weighted by atomic mass is 32.1. The van der Waals surface area contributed by atoms with Crippen LogP contribution in [0, 0.1) is 11.7 Å². The molecular weight excluding hydrogens is 238 g/mol. The summed E-state index contributed by atoms with van der Waals surface area (Å²) in [4.78, 5) is 3.16. The first-order chi connectivity index (χ1) is 8.16. The van der Waals surface area contributed by atoms with Crippen LogP contribution in [0.1, 0.15) is 11.5 Å². The molecule has 3 aromatic rings. The first kappa shape index (κ1) is 10.3. The molecule has 0 fully saturated rings. The molecule has 17 heavy (non-hydrogen) atoms. The van der Waals surface area contributed by atoms with Crippen LogP contribution in [-0.4, -0.2) is 24.5 Å². The van der Waals surface area contributed by atoms with Gasteiger partial charge in [0.05, 0.1) is 18.4 Å². The minimum Gasteiger partial charge on any atom is -0.359 e. The molecule has 0 atom stereocenters. The first-order valence-electron chi connectivity index (χ1n) is 5.18. The topological polar surface area (TPSA) is 64.6 Å². The third-order valence-electron chi connectivity index (χ3n) is 2.73. The maximum atomic E-state index is 5.30. The van der Waals surface area contributed by atoms with Crippen LogP contribution in [0.4, 0.5) is 0 Å². The van der Waals surface area contributed by atoms with E-state index >= 15 is 0 Å². The molecule has 0 aromatic carbocycles. The smallest absolute Gasteiger partial charge is 0.179 e. The summed E-state index contributed by atoms with van der Waals surface area (Å²) >= 11 is 5.30. The molecule has 3 heterocycles. The Balaban J connectivity index is 2.21. The zero-order valence-corrected chi connectivity index (χ0v) is 10.3. The van der Waals surface area contributed by atoms with Gasteiger partial charge in [0.2, 0.25) is 0 Å². The molecule has 0 saturated carbocycles. The van der Waals surface area contributed by atoms with Crippen molar-refractivity contribution < 1.29 is 4.52 Å². The molecule has 0 aliphatic rings. The molecule has 0 radical (unpaired) electrons. The van der Waals surface area contributed by atoms with Crippen LogP contribution in [-0.2, 0) is 13.6 Å². The lowest BCUT2D eigenvalue weighted by atomic mass is 10.4. The fraction of sp³-hybridized carbons (Fsp3) is 0.300. The second-order valence-electron chi connectivity index (χ2n) is 3.90. The third kappa shape index (κ3) is 1.50. The molecule has 3 rings (SSSR count). The van der Waals surface area contributed by atoms with Crippen molar-refractivity contribution in [3.8, 4) is 0 Å². The average molecular weight is 249 g/mol. The van der Waals surface area contributed by atoms with Gasteiger partial charge in [0.15, 0.2) is 16.2 Å². The molecule has 7 heteroatoms. The monoisotopic (exact) mass is 249 g/mol. The largest absolute Gasteiger partial charge is 0.359 e. The van der Waals surface area contributed by atoms with Crippen LogP contribution in [0.2, 0.25) is 0 Å². The lowest BCUT2D eigenvalue weighted by Crippen LogP contribution is -2.03. The lowest BCUT2D eigenvalue weighted by Gasteiger charge is -2.01. The first-order valence-corrected chi connectivity index (χ1v) is 5.59. The van der Waals surface area contributed by atoms with E-state index in [4.69, 9.17) is 16.7 Å². The van der Waals surface area contributed by atoms with Crippen molar-refractivity contribution in [3.05, 3.63) is 28.5 Å². The Morgan fingerprint density at radius 1 is 1.53 bits per heavy atom. The van der Waals surface area contributed by atoms with Crippen LogP contribution in [0.25, 0.3) is 11.2 Å². The predicted molar refractivity (Wildman–Crippen MR) is 64.2 cm³/mol. The number of aryl methyl sites for hydroxylation is 2. The summed E-state index contributed by atoms with van der Waals surface area (Å²) in [5.74, 6) is 0.765. The van der Waals surface area contributed by atoms with Crippen molar-refractivity contribution in [2.45, 2.75) is 13.5 Å². The Labute approximate surface area is 102 Å². The van der Waals surface area contributed by atoms with E-state index in [2.05, 4.69) is 15.2 Å². The van der Waals surface area contributed by atoms with Crippen LogP contribution >= 0.6 is 12.2 Å². The minimum absolute atomic E-state index is 0.553. The van der Waals surface area contributed by atoms with E-state index in [1.54, 1.807) is 6.20 Å². The quantitative estimate of drug-likeness (QED) is 0.703. The summed E-state index contributed by atoms with van der Waals surface area (Å²) in [6, 6.07) is 1.82. The van der Waals surface area contributed by atoms with Gasteiger partial charge in [0.25, 0.3) is 0 Å². The highest BCUT2D eigenvalue weighted by Gasteiger charge is 2.13. The number of aromatic amines is 1. The van der Waals surface area contributed by atoms with Gasteiger partial charge in [0.1, 0.15) is 5.52 Å². The summed E-state index contributed by atoms with van der Waals surface area (Å²) in [6.45, 7) is 2.50. The number of fused-ring (bicyclic) bond motifs is 1. The number of H-pyrrole nitrogens is 1. The van der Waals surface area contributed by atoms with Gasteiger partial charge in [-0.05, 0) is 19.1 Å². The van der Waals surface area contributed by atoms with E-state index < -0.39 is 0 Å². The Morgan fingerprint density at radius 2 is 2.35 bits per heavy atom. The van der Waals surface area contributed by atoms with Crippen molar-refractivity contribution in [1.29, 1.82) is 0 Å². The number of imidazole rings is 1. The van der Waals surface area contributed by atoms with Gasteiger partial charge in [-0.3, -0.25) is 9.25 Å². The molecule has 0 aliphatic heterocycles. The van der Waals surface area contributed by atoms with Crippen molar-refractivity contribution >= 4 is 23.4 Å². The van der Waals surface area contributed by atoms with E-state index in [0.29, 0.717) is 11.3 Å². The highest BCUT2D eigenvalue weighted by molar-refractivity contribution is 7.71. The Morgan fingerprint density at radius 3 is 3.06 bits per heavy atom. The van der Waals surface area contributed by atoms with Crippen molar-refractivity contribution in [1.82, 2.24) is 24.5 Å². The van der Waals surface area contributed by atoms with Gasteiger partial charge in [-0.25, -0.2) is 0 Å². The molecule has 0 amide bonds. The number of nitrogens with zero attached hydrogens (tertiary/aromatic N) is 4. The molecule has 0 bridgehead atoms. The van der Waals surface area contributed by atoms with Gasteiger partial charge < -0.3 is 9.51 Å². The van der Waals surface area contributed by atoms with Gasteiger partial charge in [0, 0.05) is 13.1 Å². The highest BCUT2D eigenvalue weighted by Crippen LogP contribution is 2.18. The summed E-state index contributed by atoms with van der Waals surface area (Å²) < 4.78 is 9.52. The Bertz CT molecular complexity index is 718. The maximum Gasteiger partial charge on any atom is 0.179 e. The molecule has 0 saturated heterocycles. The fourth-order valence-electron chi connectivity index (χ4n) is 2.00. The van der Waals surface area contributed by atoms with Gasteiger partial charge in [-0.2, -0.15) is 5.10 Å². The summed E-state index contributed by atoms with van der Waals surface area (Å²) in [6.07, 6.45) is 1.62. The number of hydrogen-bond donors (Lipinski definition) is 1. The van der Waals surface area contributed by atoms with Crippen LogP contribution < -0.4 is 0 Å². The van der Waals surface area contributed by atoms with E-state index in [1.807, 2.05) is 29.3 Å². The minimum atomic E-state index is 0.553. The molecule has 3 aromatic heterocycles. The summed E-state index contributed by atoms with van der Waals surface area (Å²) in [5.41, 5.74) is 2.87. The van der Waals surface area contributed by atoms with E-state index in [-0.39, 0.29) is 0 Å². The van der Waals surface area contributed by atoms with Gasteiger partial charge >= 0.3 is 0 Å². The second-order valence-corrected chi connectivity index (χ2v) is 4.29. The molecule has 0 spiro atoms. The zero-order chi connectivity index (χ0) is 12.0. The second kappa shape index (κ2) is 3.56. The van der Waals surface area contributed by atoms with Crippen LogP contribution in [0.15, 0.2) is 16.8 Å². The van der Waals surface area contributed by atoms with Crippen LogP contribution in [0.5, 0.6) is 0 Å². The molecule has 0 unspecified atom stereocenters. The number of rotatable bonds is 2. The third-order valence-corrected chi connectivity index (χ3v) is 3.05. The summed E-state index contributed by atoms with van der Waals surface area (Å²) in [7, 11) is 1.90. The standard InChI is InChI=1S/C10H11N5OS/c1-6-8-9(14(2)13-6)15(10(17)12-8)5-7-3-4-11-16-7/h3-4H,5H2,1-2H3,(H,12,17). The predicted octanol–water partition coefficient (Wildman–Crippen LogP) is 1.78. The Hall–Kier alpha value is -1.89. The Kier molecular flexibility index (Phi) is 2.15. The average Bonchev–Trinajstić information content (AvgIpc) is 2.93. The van der Waals surface area contributed by atoms with E-state index in [1.165, 1.54) is 0 Å². The van der Waals surface area contributed by atoms with Gasteiger partial charge in [-0.1, -0.05) is 5.16 Å². The molecule has 88 valence electrons.